The molecule has 208 valence electrons. The number of allylic oxidation sites excluding steroid dienone is 4. The number of aromatic nitrogens is 2. The molecule has 37 heavy (non-hydrogen) atoms. The lowest BCUT2D eigenvalue weighted by Gasteiger charge is -2.33. The highest BCUT2D eigenvalue weighted by Gasteiger charge is 2.22. The number of nitrogens with zero attached hydrogens (tertiary/aromatic N) is 5. The van der Waals surface area contributed by atoms with Crippen LogP contribution >= 0.6 is 0 Å². The first-order valence-corrected chi connectivity index (χ1v) is 14.3. The van der Waals surface area contributed by atoms with Crippen LogP contribution < -0.4 is 15.9 Å². The lowest BCUT2D eigenvalue weighted by molar-refractivity contribution is 0.182. The van der Waals surface area contributed by atoms with Gasteiger partial charge in [-0.3, -0.25) is 4.90 Å². The zero-order valence-electron chi connectivity index (χ0n) is 24.1. The van der Waals surface area contributed by atoms with Crippen molar-refractivity contribution in [2.24, 2.45) is 0 Å². The van der Waals surface area contributed by atoms with Gasteiger partial charge in [0, 0.05) is 37.9 Å². The Kier molecular flexibility index (Phi) is 19.3. The first-order valence-electron chi connectivity index (χ1n) is 13.0. The van der Waals surface area contributed by atoms with Crippen molar-refractivity contribution >= 4 is 29.5 Å². The highest BCUT2D eigenvalue weighted by Crippen LogP contribution is 2.09. The van der Waals surface area contributed by atoms with E-state index in [4.69, 9.17) is 4.98 Å². The molecule has 1 fully saturated rings. The highest BCUT2D eigenvalue weighted by molar-refractivity contribution is 7.82. The van der Waals surface area contributed by atoms with Gasteiger partial charge in [-0.15, -0.1) is 6.58 Å². The normalized spacial score (nSPS) is 15.4. The van der Waals surface area contributed by atoms with Gasteiger partial charge in [0.2, 0.25) is 0 Å². The lowest BCUT2D eigenvalue weighted by atomic mass is 10.3. The van der Waals surface area contributed by atoms with Crippen molar-refractivity contribution in [1.29, 1.82) is 0 Å². The summed E-state index contributed by atoms with van der Waals surface area (Å²) in [5.74, 6) is 2.11. The zero-order valence-corrected chi connectivity index (χ0v) is 24.9. The first kappa shape index (κ1) is 34.6. The Bertz CT molecular complexity index is 981. The van der Waals surface area contributed by atoms with Gasteiger partial charge in [-0.25, -0.2) is 18.5 Å². The minimum atomic E-state index is -0.986. The number of hydrogen-bond donors (Lipinski definition) is 1. The average Bonchev–Trinajstić information content (AvgIpc) is 2.85. The Hall–Kier alpha value is -2.39. The average molecular weight is 531 g/mol. The molecule has 0 saturated carbocycles. The first-order chi connectivity index (χ1) is 17.7. The summed E-state index contributed by atoms with van der Waals surface area (Å²) >= 11 is 0. The van der Waals surface area contributed by atoms with Crippen LogP contribution in [0.4, 0.5) is 5.82 Å². The van der Waals surface area contributed by atoms with Crippen LogP contribution in [0.5, 0.6) is 0 Å². The van der Waals surface area contributed by atoms with Gasteiger partial charge in [-0.2, -0.15) is 0 Å². The maximum Gasteiger partial charge on any atom is 0.145 e. The van der Waals surface area contributed by atoms with Crippen LogP contribution in [0.15, 0.2) is 49.6 Å². The fourth-order valence-corrected chi connectivity index (χ4v) is 4.55. The molecule has 0 bridgehead atoms. The van der Waals surface area contributed by atoms with Crippen LogP contribution in [0, 0.1) is 0 Å². The van der Waals surface area contributed by atoms with Crippen LogP contribution in [-0.4, -0.2) is 87.4 Å². The molecule has 1 aromatic heterocycles. The van der Waals surface area contributed by atoms with E-state index in [1.165, 1.54) is 0 Å². The van der Waals surface area contributed by atoms with Gasteiger partial charge in [0.15, 0.2) is 0 Å². The molecule has 2 heterocycles. The standard InChI is InChI=1S/C24H38N6OS.C3H6.C2H6/c1-7-8-9-11-22-21(4)26-23(27-24(22)25-12-10-13-28(5)6)18-29-14-16-30(17-15-29)32(31)19-20(2)3;1-3-2;1-2/h7-9,11H,1-2,4,10,12-19H2,3,5-6H3,(H,25,26,27);3H,1H2,2H3;1-2H3/b9-8-,22-11+;;. The number of rotatable bonds is 12. The molecule has 0 spiro atoms. The molecular weight excluding hydrogens is 480 g/mol. The van der Waals surface area contributed by atoms with E-state index in [0.717, 1.165) is 68.1 Å². The topological polar surface area (TPSA) is 64.6 Å². The Morgan fingerprint density at radius 3 is 2.30 bits per heavy atom. The van der Waals surface area contributed by atoms with Crippen molar-refractivity contribution in [3.8, 4) is 0 Å². The second-order valence-electron chi connectivity index (χ2n) is 8.76. The van der Waals surface area contributed by atoms with E-state index in [9.17, 15) is 4.21 Å². The van der Waals surface area contributed by atoms with Crippen molar-refractivity contribution in [1.82, 2.24) is 24.1 Å². The summed E-state index contributed by atoms with van der Waals surface area (Å²) in [6, 6.07) is 0. The van der Waals surface area contributed by atoms with Crippen LogP contribution in [-0.2, 0) is 17.5 Å². The third kappa shape index (κ3) is 14.8. The summed E-state index contributed by atoms with van der Waals surface area (Å²) < 4.78 is 14.4. The largest absolute Gasteiger partial charge is 0.369 e. The van der Waals surface area contributed by atoms with Crippen molar-refractivity contribution in [2.75, 3.05) is 64.4 Å². The monoisotopic (exact) mass is 530 g/mol. The number of nitrogens with one attached hydrogen (secondary N) is 1. The summed E-state index contributed by atoms with van der Waals surface area (Å²) in [6.07, 6.45) is 10.3. The van der Waals surface area contributed by atoms with Gasteiger partial charge in [0.25, 0.3) is 0 Å². The quantitative estimate of drug-likeness (QED) is 0.254. The molecule has 1 N–H and O–H groups in total. The van der Waals surface area contributed by atoms with E-state index < -0.39 is 11.0 Å². The number of anilines is 1. The fourth-order valence-electron chi connectivity index (χ4n) is 3.37. The number of piperazine rings is 1. The molecule has 7 nitrogen and oxygen atoms in total. The van der Waals surface area contributed by atoms with Gasteiger partial charge in [-0.05, 0) is 47.0 Å². The van der Waals surface area contributed by atoms with Crippen molar-refractivity contribution in [2.45, 2.75) is 40.7 Å². The second-order valence-corrected chi connectivity index (χ2v) is 10.2. The van der Waals surface area contributed by atoms with E-state index in [1.807, 2.05) is 50.2 Å². The molecule has 0 amide bonds. The molecule has 8 heteroatoms. The van der Waals surface area contributed by atoms with Crippen molar-refractivity contribution < 1.29 is 4.21 Å². The SMILES string of the molecule is C=C/C=C\C=c1\c(NCCCN(C)C)nc(CN2CCN(S(=O)CC(=C)C)CC2)nc1=C.C=CC.CC. The zero-order chi connectivity index (χ0) is 28.2. The minimum absolute atomic E-state index is 0.537. The van der Waals surface area contributed by atoms with Crippen LogP contribution in [0.1, 0.15) is 39.9 Å². The van der Waals surface area contributed by atoms with Crippen molar-refractivity contribution in [3.63, 3.8) is 0 Å². The fraction of sp³-hybridized carbons (Fsp3) is 0.517. The Morgan fingerprint density at radius 2 is 1.76 bits per heavy atom. The summed E-state index contributed by atoms with van der Waals surface area (Å²) in [6.45, 7) is 28.6. The Balaban J connectivity index is 0.00000241. The number of hydrogen-bond acceptors (Lipinski definition) is 6. The van der Waals surface area contributed by atoms with E-state index in [1.54, 1.807) is 12.2 Å². The van der Waals surface area contributed by atoms with Crippen LogP contribution in [0.25, 0.3) is 12.7 Å². The molecule has 0 aliphatic carbocycles. The van der Waals surface area contributed by atoms with E-state index in [-0.39, 0.29) is 0 Å². The molecule has 1 saturated heterocycles. The molecule has 1 unspecified atom stereocenters. The van der Waals surface area contributed by atoms with Crippen LogP contribution in [0.2, 0.25) is 0 Å². The molecule has 0 aromatic carbocycles. The molecule has 1 aromatic rings. The molecule has 1 atom stereocenters. The molecule has 1 aliphatic heterocycles. The lowest BCUT2D eigenvalue weighted by Crippen LogP contribution is -2.47. The summed E-state index contributed by atoms with van der Waals surface area (Å²) in [4.78, 5) is 14.0. The van der Waals surface area contributed by atoms with E-state index >= 15 is 0 Å². The van der Waals surface area contributed by atoms with Gasteiger partial charge in [0.05, 0.1) is 28.6 Å². The predicted octanol–water partition coefficient (Wildman–Crippen LogP) is 3.35. The molecule has 0 radical (unpaired) electrons. The molecule has 2 rings (SSSR count). The molecule has 1 aliphatic rings. The van der Waals surface area contributed by atoms with Gasteiger partial charge < -0.3 is 10.2 Å². The summed E-state index contributed by atoms with van der Waals surface area (Å²) in [7, 11) is 3.16. The summed E-state index contributed by atoms with van der Waals surface area (Å²) in [5.41, 5.74) is 0.951. The second kappa shape index (κ2) is 20.6. The van der Waals surface area contributed by atoms with Crippen molar-refractivity contribution in [3.05, 3.63) is 66.0 Å². The Morgan fingerprint density at radius 1 is 1.14 bits per heavy atom. The van der Waals surface area contributed by atoms with E-state index in [0.29, 0.717) is 17.6 Å². The minimum Gasteiger partial charge on any atom is -0.369 e. The van der Waals surface area contributed by atoms with Gasteiger partial charge >= 0.3 is 0 Å². The highest BCUT2D eigenvalue weighted by atomic mass is 32.2. The van der Waals surface area contributed by atoms with Gasteiger partial charge in [0.1, 0.15) is 11.6 Å². The van der Waals surface area contributed by atoms with Crippen LogP contribution in [0.3, 0.4) is 0 Å². The maximum atomic E-state index is 12.4. The van der Waals surface area contributed by atoms with E-state index in [2.05, 4.69) is 60.5 Å². The van der Waals surface area contributed by atoms with Gasteiger partial charge in [-0.1, -0.05) is 63.5 Å². The third-order valence-electron chi connectivity index (χ3n) is 5.01. The third-order valence-corrected chi connectivity index (χ3v) is 6.69. The maximum absolute atomic E-state index is 12.4. The summed E-state index contributed by atoms with van der Waals surface area (Å²) in [5, 5.41) is 5.08. The predicted molar refractivity (Wildman–Crippen MR) is 164 cm³/mol. The Labute approximate surface area is 228 Å². The molecular formula is C29H50N6OS. The smallest absolute Gasteiger partial charge is 0.145 e.